The van der Waals surface area contributed by atoms with Crippen LogP contribution in [0, 0.1) is 0 Å². The van der Waals surface area contributed by atoms with Crippen LogP contribution in [0.25, 0.3) is 0 Å². The lowest BCUT2D eigenvalue weighted by Gasteiger charge is -2.30. The second-order valence-electron chi connectivity index (χ2n) is 6.40. The quantitative estimate of drug-likeness (QED) is 0.927. The molecule has 5 heteroatoms. The van der Waals surface area contributed by atoms with Crippen LogP contribution in [0.1, 0.15) is 41.9 Å². The lowest BCUT2D eigenvalue weighted by atomic mass is 9.97. The van der Waals surface area contributed by atoms with E-state index in [-0.39, 0.29) is 12.1 Å². The molecule has 4 rings (SSSR count). The molecule has 0 fully saturated rings. The first-order chi connectivity index (χ1) is 11.2. The monoisotopic (exact) mass is 310 g/mol. The number of fused-ring (bicyclic) bond motifs is 2. The van der Waals surface area contributed by atoms with Gasteiger partial charge >= 0.3 is 6.03 Å². The van der Waals surface area contributed by atoms with Crippen LogP contribution in [0.2, 0.25) is 0 Å². The Labute approximate surface area is 136 Å². The summed E-state index contributed by atoms with van der Waals surface area (Å²) in [7, 11) is 0. The highest BCUT2D eigenvalue weighted by Crippen LogP contribution is 2.25. The summed E-state index contributed by atoms with van der Waals surface area (Å²) >= 11 is 0. The van der Waals surface area contributed by atoms with Crippen LogP contribution < -0.4 is 5.32 Å². The van der Waals surface area contributed by atoms with E-state index < -0.39 is 0 Å². The first kappa shape index (κ1) is 14.3. The van der Waals surface area contributed by atoms with Gasteiger partial charge in [0.15, 0.2) is 0 Å². The number of hydrogen-bond donors (Lipinski definition) is 1. The van der Waals surface area contributed by atoms with E-state index in [2.05, 4.69) is 40.0 Å². The van der Waals surface area contributed by atoms with Crippen molar-refractivity contribution in [3.63, 3.8) is 0 Å². The molecule has 5 nitrogen and oxygen atoms in total. The average molecular weight is 310 g/mol. The van der Waals surface area contributed by atoms with E-state index in [1.807, 2.05) is 11.1 Å². The molecule has 1 aromatic heterocycles. The summed E-state index contributed by atoms with van der Waals surface area (Å²) in [6, 6.07) is 6.71. The summed E-state index contributed by atoms with van der Waals surface area (Å²) in [6.07, 6.45) is 6.71. The number of amides is 2. The Morgan fingerprint density at radius 2 is 2.26 bits per heavy atom. The molecule has 23 heavy (non-hydrogen) atoms. The van der Waals surface area contributed by atoms with Gasteiger partial charge in [-0.2, -0.15) is 0 Å². The Bertz CT molecular complexity index is 736. The van der Waals surface area contributed by atoms with E-state index in [0.717, 1.165) is 38.2 Å². The van der Waals surface area contributed by atoms with Gasteiger partial charge in [-0.05, 0) is 36.0 Å². The first-order valence-corrected chi connectivity index (χ1v) is 8.41. The van der Waals surface area contributed by atoms with E-state index in [1.165, 1.54) is 16.7 Å². The summed E-state index contributed by atoms with van der Waals surface area (Å²) in [5.41, 5.74) is 4.04. The second kappa shape index (κ2) is 5.72. The summed E-state index contributed by atoms with van der Waals surface area (Å²) in [4.78, 5) is 18.9. The SMILES string of the molecule is CCc1ccc2c(c1)CCN(C(=O)NC1CCn3ccnc31)C2. The normalized spacial score (nSPS) is 19.3. The molecule has 0 saturated heterocycles. The predicted molar refractivity (Wildman–Crippen MR) is 88.1 cm³/mol. The number of rotatable bonds is 2. The van der Waals surface area contributed by atoms with E-state index >= 15 is 0 Å². The molecule has 0 saturated carbocycles. The topological polar surface area (TPSA) is 50.2 Å². The van der Waals surface area contributed by atoms with E-state index in [1.54, 1.807) is 6.20 Å². The number of imidazole rings is 1. The maximum Gasteiger partial charge on any atom is 0.318 e. The number of nitrogens with one attached hydrogen (secondary N) is 1. The molecule has 0 radical (unpaired) electrons. The average Bonchev–Trinajstić information content (AvgIpc) is 3.19. The third-order valence-electron chi connectivity index (χ3n) is 4.99. The number of urea groups is 1. The first-order valence-electron chi connectivity index (χ1n) is 8.41. The van der Waals surface area contributed by atoms with Gasteiger partial charge in [0.05, 0.1) is 6.04 Å². The van der Waals surface area contributed by atoms with Crippen LogP contribution in [0.3, 0.4) is 0 Å². The summed E-state index contributed by atoms with van der Waals surface area (Å²) in [5, 5.41) is 3.15. The number of carbonyl (C=O) groups excluding carboxylic acids is 1. The Balaban J connectivity index is 1.44. The summed E-state index contributed by atoms with van der Waals surface area (Å²) in [6.45, 7) is 4.60. The van der Waals surface area contributed by atoms with Gasteiger partial charge in [0.25, 0.3) is 0 Å². The van der Waals surface area contributed by atoms with Crippen molar-refractivity contribution in [3.05, 3.63) is 53.1 Å². The van der Waals surface area contributed by atoms with Gasteiger partial charge < -0.3 is 14.8 Å². The second-order valence-corrected chi connectivity index (χ2v) is 6.40. The zero-order chi connectivity index (χ0) is 15.8. The predicted octanol–water partition coefficient (Wildman–Crippen LogP) is 2.66. The number of carbonyl (C=O) groups is 1. The molecule has 0 spiro atoms. The van der Waals surface area contributed by atoms with Crippen molar-refractivity contribution in [2.24, 2.45) is 0 Å². The molecular weight excluding hydrogens is 288 g/mol. The fourth-order valence-corrected chi connectivity index (χ4v) is 3.59. The summed E-state index contributed by atoms with van der Waals surface area (Å²) in [5.74, 6) is 0.975. The van der Waals surface area contributed by atoms with Crippen LogP contribution in [-0.2, 0) is 25.9 Å². The van der Waals surface area contributed by atoms with Crippen LogP contribution in [0.15, 0.2) is 30.6 Å². The van der Waals surface area contributed by atoms with E-state index in [4.69, 9.17) is 0 Å². The zero-order valence-electron chi connectivity index (χ0n) is 13.5. The Hall–Kier alpha value is -2.30. The van der Waals surface area contributed by atoms with Crippen molar-refractivity contribution in [1.29, 1.82) is 0 Å². The van der Waals surface area contributed by atoms with Gasteiger partial charge in [-0.1, -0.05) is 25.1 Å². The van der Waals surface area contributed by atoms with Gasteiger partial charge in [0.1, 0.15) is 5.82 Å². The lowest BCUT2D eigenvalue weighted by Crippen LogP contribution is -2.43. The molecule has 3 heterocycles. The highest BCUT2D eigenvalue weighted by atomic mass is 16.2. The van der Waals surface area contributed by atoms with Crippen molar-refractivity contribution >= 4 is 6.03 Å². The third kappa shape index (κ3) is 2.60. The Morgan fingerprint density at radius 3 is 3.13 bits per heavy atom. The van der Waals surface area contributed by atoms with Crippen molar-refractivity contribution < 1.29 is 4.79 Å². The molecule has 2 amide bonds. The third-order valence-corrected chi connectivity index (χ3v) is 4.99. The molecule has 0 aliphatic carbocycles. The van der Waals surface area contributed by atoms with Gasteiger partial charge in [0.2, 0.25) is 0 Å². The fraction of sp³-hybridized carbons (Fsp3) is 0.444. The van der Waals surface area contributed by atoms with E-state index in [9.17, 15) is 4.79 Å². The van der Waals surface area contributed by atoms with Gasteiger partial charge in [-0.25, -0.2) is 9.78 Å². The highest BCUT2D eigenvalue weighted by molar-refractivity contribution is 5.75. The number of aryl methyl sites for hydroxylation is 2. The molecule has 1 atom stereocenters. The number of nitrogens with zero attached hydrogens (tertiary/aromatic N) is 3. The van der Waals surface area contributed by atoms with Crippen LogP contribution in [0.4, 0.5) is 4.79 Å². The molecule has 1 unspecified atom stereocenters. The van der Waals surface area contributed by atoms with Crippen molar-refractivity contribution in [1.82, 2.24) is 19.8 Å². The van der Waals surface area contributed by atoms with Crippen LogP contribution in [0.5, 0.6) is 0 Å². The molecule has 0 bridgehead atoms. The number of aromatic nitrogens is 2. The molecule has 2 aliphatic rings. The van der Waals surface area contributed by atoms with Gasteiger partial charge in [-0.15, -0.1) is 0 Å². The number of hydrogen-bond acceptors (Lipinski definition) is 2. The fourth-order valence-electron chi connectivity index (χ4n) is 3.59. The van der Waals surface area contributed by atoms with Gasteiger partial charge in [0, 0.05) is 32.0 Å². The van der Waals surface area contributed by atoms with Gasteiger partial charge in [-0.3, -0.25) is 0 Å². The van der Waals surface area contributed by atoms with Crippen molar-refractivity contribution in [2.75, 3.05) is 6.54 Å². The lowest BCUT2D eigenvalue weighted by molar-refractivity contribution is 0.188. The number of benzene rings is 1. The minimum atomic E-state index is 0.0247. The molecular formula is C18H22N4O. The maximum atomic E-state index is 12.6. The standard InChI is InChI=1S/C18H22N4O/c1-2-13-3-4-15-12-22(8-5-14(15)11-13)18(23)20-16-6-9-21-10-7-19-17(16)21/h3-4,7,10-11,16H,2,5-6,8-9,12H2,1H3,(H,20,23). The minimum Gasteiger partial charge on any atom is -0.333 e. The van der Waals surface area contributed by atoms with Crippen LogP contribution in [-0.4, -0.2) is 27.0 Å². The molecule has 1 N–H and O–H groups in total. The van der Waals surface area contributed by atoms with Crippen molar-refractivity contribution in [2.45, 2.75) is 45.3 Å². The minimum absolute atomic E-state index is 0.0247. The molecule has 2 aliphatic heterocycles. The summed E-state index contributed by atoms with van der Waals surface area (Å²) < 4.78 is 2.11. The van der Waals surface area contributed by atoms with E-state index in [0.29, 0.717) is 6.54 Å². The Kier molecular flexibility index (Phi) is 3.56. The molecule has 2 aromatic rings. The molecule has 120 valence electrons. The highest BCUT2D eigenvalue weighted by Gasteiger charge is 2.28. The molecule has 1 aromatic carbocycles. The zero-order valence-corrected chi connectivity index (χ0v) is 13.5. The largest absolute Gasteiger partial charge is 0.333 e. The Morgan fingerprint density at radius 1 is 1.35 bits per heavy atom. The van der Waals surface area contributed by atoms with Crippen molar-refractivity contribution in [3.8, 4) is 0 Å². The van der Waals surface area contributed by atoms with Crippen LogP contribution >= 0.6 is 0 Å². The maximum absolute atomic E-state index is 12.6. The smallest absolute Gasteiger partial charge is 0.318 e.